The topological polar surface area (TPSA) is 78.4 Å². The van der Waals surface area contributed by atoms with Gasteiger partial charge in [0.2, 0.25) is 5.91 Å². The van der Waals surface area contributed by atoms with Crippen LogP contribution in [0.2, 0.25) is 0 Å². The monoisotopic (exact) mass is 309 g/mol. The molecule has 1 fully saturated rings. The van der Waals surface area contributed by atoms with Gasteiger partial charge in [-0.2, -0.15) is 0 Å². The number of aromatic nitrogens is 1. The predicted molar refractivity (Wildman–Crippen MR) is 85.5 cm³/mol. The Morgan fingerprint density at radius 2 is 2.00 bits per heavy atom. The number of nitrogens with one attached hydrogen (secondary N) is 3. The van der Waals surface area contributed by atoms with Crippen LogP contribution in [0.5, 0.6) is 0 Å². The van der Waals surface area contributed by atoms with Gasteiger partial charge in [0.05, 0.1) is 12.2 Å². The summed E-state index contributed by atoms with van der Waals surface area (Å²) in [5.41, 5.74) is 1.09. The maximum atomic E-state index is 11.5. The fourth-order valence-corrected chi connectivity index (χ4v) is 2.72. The second kappa shape index (κ2) is 7.40. The Balaban J connectivity index is 1.64. The van der Waals surface area contributed by atoms with Crippen LogP contribution in [0, 0.1) is 19.8 Å². The number of thiazole rings is 1. The summed E-state index contributed by atoms with van der Waals surface area (Å²) in [6.07, 6.45) is 2.07. The number of hydrogen-bond acceptors (Lipinski definition) is 4. The lowest BCUT2D eigenvalue weighted by atomic mass is 10.4. The standard InChI is InChI=1S/C14H23N5OS/c1-9-10(2)21-12(19-9)8-18-14(15-3)17-7-6-16-13(20)11-4-5-11/h11H,4-8H2,1-3H3,(H,16,20)(H2,15,17,18). The molecule has 3 N–H and O–H groups in total. The highest BCUT2D eigenvalue weighted by atomic mass is 32.1. The summed E-state index contributed by atoms with van der Waals surface area (Å²) in [5, 5.41) is 10.4. The van der Waals surface area contributed by atoms with E-state index in [1.807, 2.05) is 6.92 Å². The molecule has 0 unspecified atom stereocenters. The molecule has 2 rings (SSSR count). The highest BCUT2D eigenvalue weighted by molar-refractivity contribution is 7.11. The molecule has 7 heteroatoms. The third-order valence-corrected chi connectivity index (χ3v) is 4.44. The van der Waals surface area contributed by atoms with Gasteiger partial charge in [-0.25, -0.2) is 4.98 Å². The fraction of sp³-hybridized carbons (Fsp3) is 0.643. The Bertz CT molecular complexity index is 502. The van der Waals surface area contributed by atoms with Crippen molar-refractivity contribution < 1.29 is 4.79 Å². The number of amides is 1. The quantitative estimate of drug-likeness (QED) is 0.415. The lowest BCUT2D eigenvalue weighted by Gasteiger charge is -2.11. The first-order valence-electron chi connectivity index (χ1n) is 7.25. The van der Waals surface area contributed by atoms with Crippen LogP contribution in [-0.4, -0.2) is 37.0 Å². The zero-order valence-corrected chi connectivity index (χ0v) is 13.6. The van der Waals surface area contributed by atoms with Gasteiger partial charge in [0.25, 0.3) is 0 Å². The van der Waals surface area contributed by atoms with Crippen molar-refractivity contribution in [1.82, 2.24) is 20.9 Å². The van der Waals surface area contributed by atoms with Crippen molar-refractivity contribution in [2.75, 3.05) is 20.1 Å². The molecule has 1 aliphatic rings. The van der Waals surface area contributed by atoms with Crippen molar-refractivity contribution in [3.05, 3.63) is 15.6 Å². The molecule has 1 aromatic heterocycles. The Labute approximate surface area is 129 Å². The van der Waals surface area contributed by atoms with Crippen molar-refractivity contribution in [3.63, 3.8) is 0 Å². The largest absolute Gasteiger partial charge is 0.355 e. The zero-order valence-electron chi connectivity index (χ0n) is 12.8. The van der Waals surface area contributed by atoms with Gasteiger partial charge in [-0.15, -0.1) is 11.3 Å². The zero-order chi connectivity index (χ0) is 15.2. The predicted octanol–water partition coefficient (Wildman–Crippen LogP) is 0.951. The van der Waals surface area contributed by atoms with Crippen LogP contribution in [0.1, 0.15) is 28.4 Å². The fourth-order valence-electron chi connectivity index (χ4n) is 1.85. The number of guanidine groups is 1. The van der Waals surface area contributed by atoms with Gasteiger partial charge in [0.1, 0.15) is 5.01 Å². The first-order chi connectivity index (χ1) is 10.1. The lowest BCUT2D eigenvalue weighted by Crippen LogP contribution is -2.41. The molecule has 0 saturated heterocycles. The van der Waals surface area contributed by atoms with Gasteiger partial charge in [-0.1, -0.05) is 0 Å². The van der Waals surface area contributed by atoms with Crippen LogP contribution in [0.3, 0.4) is 0 Å². The van der Waals surface area contributed by atoms with Crippen LogP contribution >= 0.6 is 11.3 Å². The minimum absolute atomic E-state index is 0.175. The average molecular weight is 309 g/mol. The second-order valence-electron chi connectivity index (χ2n) is 5.17. The average Bonchev–Trinajstić information content (AvgIpc) is 3.25. The third kappa shape index (κ3) is 5.00. The van der Waals surface area contributed by atoms with E-state index in [-0.39, 0.29) is 11.8 Å². The summed E-state index contributed by atoms with van der Waals surface area (Å²) in [5.74, 6) is 1.16. The molecule has 21 heavy (non-hydrogen) atoms. The van der Waals surface area contributed by atoms with Crippen molar-refractivity contribution in [1.29, 1.82) is 0 Å². The minimum Gasteiger partial charge on any atom is -0.355 e. The first kappa shape index (κ1) is 15.8. The molecule has 1 amide bonds. The maximum Gasteiger partial charge on any atom is 0.223 e. The molecular formula is C14H23N5OS. The molecule has 0 spiro atoms. The van der Waals surface area contributed by atoms with E-state index in [2.05, 4.69) is 32.9 Å². The molecule has 0 atom stereocenters. The molecule has 1 aromatic rings. The molecule has 1 aliphatic carbocycles. The second-order valence-corrected chi connectivity index (χ2v) is 6.45. The summed E-state index contributed by atoms with van der Waals surface area (Å²) in [6.45, 7) is 6.03. The van der Waals surface area contributed by atoms with E-state index in [1.54, 1.807) is 18.4 Å². The Morgan fingerprint density at radius 1 is 1.29 bits per heavy atom. The van der Waals surface area contributed by atoms with E-state index in [4.69, 9.17) is 0 Å². The van der Waals surface area contributed by atoms with Gasteiger partial charge in [-0.05, 0) is 26.7 Å². The molecule has 0 bridgehead atoms. The summed E-state index contributed by atoms with van der Waals surface area (Å²) in [6, 6.07) is 0. The Kier molecular flexibility index (Phi) is 5.55. The Hall–Kier alpha value is -1.63. The molecule has 1 saturated carbocycles. The van der Waals surface area contributed by atoms with Crippen LogP contribution in [-0.2, 0) is 11.3 Å². The maximum absolute atomic E-state index is 11.5. The minimum atomic E-state index is 0.175. The number of aliphatic imine (C=N–C) groups is 1. The smallest absolute Gasteiger partial charge is 0.223 e. The summed E-state index contributed by atoms with van der Waals surface area (Å²) >= 11 is 1.70. The normalized spacial score (nSPS) is 14.9. The number of carbonyl (C=O) groups is 1. The molecule has 0 aliphatic heterocycles. The van der Waals surface area contributed by atoms with Gasteiger partial charge in [0.15, 0.2) is 5.96 Å². The molecule has 6 nitrogen and oxygen atoms in total. The number of carbonyl (C=O) groups excluding carboxylic acids is 1. The van der Waals surface area contributed by atoms with Crippen LogP contribution < -0.4 is 16.0 Å². The third-order valence-electron chi connectivity index (χ3n) is 3.37. The Morgan fingerprint density at radius 3 is 2.57 bits per heavy atom. The van der Waals surface area contributed by atoms with E-state index >= 15 is 0 Å². The molecule has 0 aromatic carbocycles. The number of rotatable bonds is 6. The van der Waals surface area contributed by atoms with Crippen molar-refractivity contribution in [2.45, 2.75) is 33.2 Å². The van der Waals surface area contributed by atoms with Crippen molar-refractivity contribution >= 4 is 23.2 Å². The highest BCUT2D eigenvalue weighted by Crippen LogP contribution is 2.28. The summed E-state index contributed by atoms with van der Waals surface area (Å²) in [7, 11) is 1.73. The van der Waals surface area contributed by atoms with E-state index in [0.29, 0.717) is 19.6 Å². The van der Waals surface area contributed by atoms with Gasteiger partial charge < -0.3 is 16.0 Å². The first-order valence-corrected chi connectivity index (χ1v) is 8.07. The van der Waals surface area contributed by atoms with Crippen molar-refractivity contribution in [2.24, 2.45) is 10.9 Å². The van der Waals surface area contributed by atoms with Gasteiger partial charge >= 0.3 is 0 Å². The molecule has 116 valence electrons. The highest BCUT2D eigenvalue weighted by Gasteiger charge is 2.28. The SMILES string of the molecule is CN=C(NCCNC(=O)C1CC1)NCc1nc(C)c(C)s1. The van der Waals surface area contributed by atoms with Crippen molar-refractivity contribution in [3.8, 4) is 0 Å². The molecular weight excluding hydrogens is 286 g/mol. The lowest BCUT2D eigenvalue weighted by molar-refractivity contribution is -0.122. The molecule has 1 heterocycles. The van der Waals surface area contributed by atoms with Gasteiger partial charge in [0, 0.05) is 30.9 Å². The summed E-state index contributed by atoms with van der Waals surface area (Å²) in [4.78, 5) is 21.4. The van der Waals surface area contributed by atoms with Crippen LogP contribution in [0.4, 0.5) is 0 Å². The van der Waals surface area contributed by atoms with E-state index in [0.717, 1.165) is 29.5 Å². The number of aryl methyl sites for hydroxylation is 2. The van der Waals surface area contributed by atoms with Crippen LogP contribution in [0.25, 0.3) is 0 Å². The number of hydrogen-bond donors (Lipinski definition) is 3. The van der Waals surface area contributed by atoms with E-state index < -0.39 is 0 Å². The summed E-state index contributed by atoms with van der Waals surface area (Å²) < 4.78 is 0. The van der Waals surface area contributed by atoms with Crippen LogP contribution in [0.15, 0.2) is 4.99 Å². The molecule has 0 radical (unpaired) electrons. The number of nitrogens with zero attached hydrogens (tertiary/aromatic N) is 2. The van der Waals surface area contributed by atoms with E-state index in [1.165, 1.54) is 4.88 Å². The van der Waals surface area contributed by atoms with E-state index in [9.17, 15) is 4.79 Å². The van der Waals surface area contributed by atoms with Gasteiger partial charge in [-0.3, -0.25) is 9.79 Å².